The van der Waals surface area contributed by atoms with E-state index < -0.39 is 10.9 Å². The van der Waals surface area contributed by atoms with Crippen LogP contribution < -0.4 is 4.90 Å². The van der Waals surface area contributed by atoms with E-state index in [0.29, 0.717) is 6.42 Å². The number of benzene rings is 1. The molecular weight excluding hydrogens is 260 g/mol. The number of non-ortho nitro benzene ring substituents is 1. The number of carboxylic acid groups (broad SMARTS) is 1. The van der Waals surface area contributed by atoms with Crippen LogP contribution in [0.25, 0.3) is 0 Å². The maximum Gasteiger partial charge on any atom is 0.303 e. The van der Waals surface area contributed by atoms with Crippen molar-refractivity contribution in [3.63, 3.8) is 0 Å². The van der Waals surface area contributed by atoms with Crippen LogP contribution in [0.1, 0.15) is 32.1 Å². The van der Waals surface area contributed by atoms with Crippen molar-refractivity contribution in [3.8, 4) is 0 Å². The lowest BCUT2D eigenvalue weighted by molar-refractivity contribution is -0.384. The molecule has 1 fully saturated rings. The molecule has 1 saturated heterocycles. The lowest BCUT2D eigenvalue weighted by Gasteiger charge is -2.37. The summed E-state index contributed by atoms with van der Waals surface area (Å²) in [5.41, 5.74) is 0.888. The molecule has 0 saturated carbocycles. The molecule has 1 aromatic carbocycles. The topological polar surface area (TPSA) is 83.7 Å². The SMILES string of the molecule is O=C(O)CCC1CCCCN1c1cccc([N+](=O)[O-])c1. The van der Waals surface area contributed by atoms with Crippen molar-refractivity contribution in [2.75, 3.05) is 11.4 Å². The van der Waals surface area contributed by atoms with Gasteiger partial charge in [-0.1, -0.05) is 6.07 Å². The van der Waals surface area contributed by atoms with Crippen LogP contribution in [0.3, 0.4) is 0 Å². The van der Waals surface area contributed by atoms with Gasteiger partial charge in [-0.3, -0.25) is 14.9 Å². The Morgan fingerprint density at radius 3 is 2.95 bits per heavy atom. The number of aliphatic carboxylic acids is 1. The minimum Gasteiger partial charge on any atom is -0.481 e. The number of carbonyl (C=O) groups is 1. The van der Waals surface area contributed by atoms with E-state index in [4.69, 9.17) is 5.11 Å². The van der Waals surface area contributed by atoms with E-state index in [9.17, 15) is 14.9 Å². The van der Waals surface area contributed by atoms with Crippen LogP contribution in [0.5, 0.6) is 0 Å². The van der Waals surface area contributed by atoms with Gasteiger partial charge >= 0.3 is 5.97 Å². The molecule has 6 nitrogen and oxygen atoms in total. The number of hydrogen-bond donors (Lipinski definition) is 1. The summed E-state index contributed by atoms with van der Waals surface area (Å²) in [6.07, 6.45) is 3.77. The normalized spacial score (nSPS) is 18.8. The lowest BCUT2D eigenvalue weighted by atomic mass is 9.97. The highest BCUT2D eigenvalue weighted by Crippen LogP contribution is 2.29. The lowest BCUT2D eigenvalue weighted by Crippen LogP contribution is -2.39. The summed E-state index contributed by atoms with van der Waals surface area (Å²) in [5.74, 6) is -0.797. The molecule has 1 unspecified atom stereocenters. The number of hydrogen-bond acceptors (Lipinski definition) is 4. The Kier molecular flexibility index (Phi) is 4.55. The first-order chi connectivity index (χ1) is 9.58. The summed E-state index contributed by atoms with van der Waals surface area (Å²) >= 11 is 0. The summed E-state index contributed by atoms with van der Waals surface area (Å²) in [4.78, 5) is 23.3. The van der Waals surface area contributed by atoms with E-state index >= 15 is 0 Å². The van der Waals surface area contributed by atoms with Crippen molar-refractivity contribution in [3.05, 3.63) is 34.4 Å². The van der Waals surface area contributed by atoms with Crippen LogP contribution in [0.15, 0.2) is 24.3 Å². The maximum atomic E-state index is 10.8. The zero-order chi connectivity index (χ0) is 14.5. The van der Waals surface area contributed by atoms with Gasteiger partial charge in [0.05, 0.1) is 4.92 Å². The molecular formula is C14H18N2O4. The Labute approximate surface area is 117 Å². The summed E-state index contributed by atoms with van der Waals surface area (Å²) in [6.45, 7) is 0.825. The number of nitro groups is 1. The first kappa shape index (κ1) is 14.3. The highest BCUT2D eigenvalue weighted by molar-refractivity contribution is 5.66. The fourth-order valence-corrected chi connectivity index (χ4v) is 2.72. The standard InChI is InChI=1S/C14H18N2O4/c17-14(18)8-7-11-4-1-2-9-15(11)12-5-3-6-13(10-12)16(19)20/h3,5-6,10-11H,1-2,4,7-9H2,(H,17,18). The zero-order valence-corrected chi connectivity index (χ0v) is 11.2. The minimum absolute atomic E-state index is 0.0741. The van der Waals surface area contributed by atoms with Crippen molar-refractivity contribution >= 4 is 17.3 Å². The van der Waals surface area contributed by atoms with Crippen molar-refractivity contribution in [1.82, 2.24) is 0 Å². The Hall–Kier alpha value is -2.11. The van der Waals surface area contributed by atoms with E-state index in [1.807, 2.05) is 6.07 Å². The van der Waals surface area contributed by atoms with Crippen LogP contribution in [0.2, 0.25) is 0 Å². The molecule has 1 atom stereocenters. The van der Waals surface area contributed by atoms with Gasteiger partial charge in [0.2, 0.25) is 0 Å². The van der Waals surface area contributed by atoms with Gasteiger partial charge in [0.25, 0.3) is 5.69 Å². The third-order valence-corrected chi connectivity index (χ3v) is 3.69. The van der Waals surface area contributed by atoms with Gasteiger partial charge in [0, 0.05) is 36.8 Å². The molecule has 1 N–H and O–H groups in total. The first-order valence-electron chi connectivity index (χ1n) is 6.81. The molecule has 0 radical (unpaired) electrons. The fourth-order valence-electron chi connectivity index (χ4n) is 2.72. The molecule has 0 aliphatic carbocycles. The van der Waals surface area contributed by atoms with Crippen molar-refractivity contribution in [1.29, 1.82) is 0 Å². The molecule has 0 amide bonds. The predicted molar refractivity (Wildman–Crippen MR) is 75.0 cm³/mol. The van der Waals surface area contributed by atoms with Crippen molar-refractivity contribution in [2.24, 2.45) is 0 Å². The Morgan fingerprint density at radius 2 is 2.25 bits per heavy atom. The quantitative estimate of drug-likeness (QED) is 0.661. The van der Waals surface area contributed by atoms with E-state index in [1.165, 1.54) is 6.07 Å². The Balaban J connectivity index is 2.16. The van der Waals surface area contributed by atoms with Crippen LogP contribution in [0.4, 0.5) is 11.4 Å². The van der Waals surface area contributed by atoms with Gasteiger partial charge in [-0.05, 0) is 31.7 Å². The van der Waals surface area contributed by atoms with Crippen molar-refractivity contribution in [2.45, 2.75) is 38.1 Å². The maximum absolute atomic E-state index is 10.8. The van der Waals surface area contributed by atoms with E-state index in [1.54, 1.807) is 12.1 Å². The number of nitro benzene ring substituents is 1. The smallest absolute Gasteiger partial charge is 0.303 e. The van der Waals surface area contributed by atoms with E-state index in [2.05, 4.69) is 4.90 Å². The molecule has 1 aliphatic rings. The molecule has 1 aliphatic heterocycles. The fraction of sp³-hybridized carbons (Fsp3) is 0.500. The number of piperidine rings is 1. The van der Waals surface area contributed by atoms with Gasteiger partial charge in [-0.15, -0.1) is 0 Å². The number of rotatable bonds is 5. The number of anilines is 1. The average molecular weight is 278 g/mol. The third-order valence-electron chi connectivity index (χ3n) is 3.69. The van der Waals surface area contributed by atoms with Gasteiger partial charge in [-0.2, -0.15) is 0 Å². The van der Waals surface area contributed by atoms with Crippen molar-refractivity contribution < 1.29 is 14.8 Å². The molecule has 108 valence electrons. The van der Waals surface area contributed by atoms with Gasteiger partial charge in [-0.25, -0.2) is 0 Å². The van der Waals surface area contributed by atoms with E-state index in [0.717, 1.165) is 31.5 Å². The highest BCUT2D eigenvalue weighted by atomic mass is 16.6. The second-order valence-corrected chi connectivity index (χ2v) is 5.05. The predicted octanol–water partition coefficient (Wildman–Crippen LogP) is 2.82. The Bertz CT molecular complexity index is 504. The number of carboxylic acids is 1. The van der Waals surface area contributed by atoms with Gasteiger partial charge in [0.15, 0.2) is 0 Å². The molecule has 1 heterocycles. The van der Waals surface area contributed by atoms with Crippen LogP contribution in [-0.2, 0) is 4.79 Å². The molecule has 0 bridgehead atoms. The molecule has 6 heteroatoms. The first-order valence-corrected chi connectivity index (χ1v) is 6.81. The largest absolute Gasteiger partial charge is 0.481 e. The summed E-state index contributed by atoms with van der Waals surface area (Å²) in [7, 11) is 0. The Morgan fingerprint density at radius 1 is 1.45 bits per heavy atom. The summed E-state index contributed by atoms with van der Waals surface area (Å²) < 4.78 is 0. The molecule has 2 rings (SSSR count). The van der Waals surface area contributed by atoms with Crippen LogP contribution >= 0.6 is 0 Å². The second kappa shape index (κ2) is 6.36. The monoisotopic (exact) mass is 278 g/mol. The molecule has 0 aromatic heterocycles. The summed E-state index contributed by atoms with van der Waals surface area (Å²) in [6, 6.07) is 6.73. The molecule has 1 aromatic rings. The third kappa shape index (κ3) is 3.46. The van der Waals surface area contributed by atoms with Crippen LogP contribution in [0, 0.1) is 10.1 Å². The van der Waals surface area contributed by atoms with Gasteiger partial charge < -0.3 is 10.0 Å². The molecule has 20 heavy (non-hydrogen) atoms. The zero-order valence-electron chi connectivity index (χ0n) is 11.2. The molecule has 0 spiro atoms. The number of nitrogens with zero attached hydrogens (tertiary/aromatic N) is 2. The van der Waals surface area contributed by atoms with E-state index in [-0.39, 0.29) is 18.2 Å². The summed E-state index contributed by atoms with van der Waals surface area (Å²) in [5, 5.41) is 19.7. The average Bonchev–Trinajstić information content (AvgIpc) is 2.45. The van der Waals surface area contributed by atoms with Crippen LogP contribution in [-0.4, -0.2) is 28.6 Å². The second-order valence-electron chi connectivity index (χ2n) is 5.05. The highest BCUT2D eigenvalue weighted by Gasteiger charge is 2.24. The van der Waals surface area contributed by atoms with Gasteiger partial charge in [0.1, 0.15) is 0 Å². The minimum atomic E-state index is -0.797.